The number of carbonyl (C=O) groups is 1. The fourth-order valence-electron chi connectivity index (χ4n) is 1.51. The SMILES string of the molecule is CC(C)CCCNC(=O)c1ccc(C(F)(F)F)nc1. The van der Waals surface area contributed by atoms with E-state index in [2.05, 4.69) is 24.1 Å². The van der Waals surface area contributed by atoms with E-state index >= 15 is 0 Å². The van der Waals surface area contributed by atoms with E-state index in [0.717, 1.165) is 31.2 Å². The number of carbonyl (C=O) groups excluding carboxylic acids is 1. The zero-order valence-electron chi connectivity index (χ0n) is 10.9. The van der Waals surface area contributed by atoms with Gasteiger partial charge < -0.3 is 5.32 Å². The first-order valence-corrected chi connectivity index (χ1v) is 6.12. The van der Waals surface area contributed by atoms with Gasteiger partial charge in [0.15, 0.2) is 0 Å². The van der Waals surface area contributed by atoms with Crippen molar-refractivity contribution >= 4 is 5.91 Å². The Morgan fingerprint density at radius 2 is 2.05 bits per heavy atom. The van der Waals surface area contributed by atoms with Crippen molar-refractivity contribution in [1.82, 2.24) is 10.3 Å². The molecule has 0 spiro atoms. The fraction of sp³-hybridized carbons (Fsp3) is 0.538. The van der Waals surface area contributed by atoms with Crippen molar-refractivity contribution in [2.75, 3.05) is 6.54 Å². The first-order chi connectivity index (χ1) is 8.80. The number of rotatable bonds is 5. The average molecular weight is 274 g/mol. The molecule has 1 amide bonds. The summed E-state index contributed by atoms with van der Waals surface area (Å²) in [7, 11) is 0. The van der Waals surface area contributed by atoms with Gasteiger partial charge in [-0.25, -0.2) is 0 Å². The number of halogens is 3. The molecule has 1 heterocycles. The Bertz CT molecular complexity index is 413. The number of alkyl halides is 3. The van der Waals surface area contributed by atoms with Crippen LogP contribution in [0.15, 0.2) is 18.3 Å². The van der Waals surface area contributed by atoms with Gasteiger partial charge in [0.25, 0.3) is 5.91 Å². The lowest BCUT2D eigenvalue weighted by Crippen LogP contribution is -2.25. The van der Waals surface area contributed by atoms with Gasteiger partial charge >= 0.3 is 6.18 Å². The first-order valence-electron chi connectivity index (χ1n) is 6.12. The standard InChI is InChI=1S/C13H17F3N2O/c1-9(2)4-3-7-17-12(19)10-5-6-11(18-8-10)13(14,15)16/h5-6,8-9H,3-4,7H2,1-2H3,(H,17,19). The van der Waals surface area contributed by atoms with Crippen molar-refractivity contribution in [2.45, 2.75) is 32.9 Å². The van der Waals surface area contributed by atoms with E-state index < -0.39 is 17.8 Å². The van der Waals surface area contributed by atoms with Gasteiger partial charge in [0.05, 0.1) is 5.56 Å². The van der Waals surface area contributed by atoms with Crippen LogP contribution in [-0.4, -0.2) is 17.4 Å². The molecule has 106 valence electrons. The molecule has 0 aliphatic carbocycles. The summed E-state index contributed by atoms with van der Waals surface area (Å²) in [6.07, 6.45) is -1.70. The molecule has 1 rings (SSSR count). The number of hydrogen-bond acceptors (Lipinski definition) is 2. The third kappa shape index (κ3) is 5.28. The highest BCUT2D eigenvalue weighted by molar-refractivity contribution is 5.93. The maximum atomic E-state index is 12.3. The second-order valence-corrected chi connectivity index (χ2v) is 4.72. The van der Waals surface area contributed by atoms with Gasteiger partial charge in [-0.15, -0.1) is 0 Å². The van der Waals surface area contributed by atoms with Crippen molar-refractivity contribution in [3.63, 3.8) is 0 Å². The van der Waals surface area contributed by atoms with Crippen LogP contribution in [0.1, 0.15) is 42.7 Å². The summed E-state index contributed by atoms with van der Waals surface area (Å²) in [6.45, 7) is 4.68. The van der Waals surface area contributed by atoms with E-state index in [1.165, 1.54) is 0 Å². The minimum atomic E-state index is -4.48. The Hall–Kier alpha value is -1.59. The summed E-state index contributed by atoms with van der Waals surface area (Å²) < 4.78 is 36.8. The Balaban J connectivity index is 2.49. The molecule has 1 N–H and O–H groups in total. The maximum Gasteiger partial charge on any atom is 0.433 e. The minimum Gasteiger partial charge on any atom is -0.352 e. The van der Waals surface area contributed by atoms with Crippen LogP contribution in [0.5, 0.6) is 0 Å². The predicted octanol–water partition coefficient (Wildman–Crippen LogP) is 3.27. The van der Waals surface area contributed by atoms with Crippen molar-refractivity contribution in [3.05, 3.63) is 29.6 Å². The molecule has 0 radical (unpaired) electrons. The third-order valence-corrected chi connectivity index (χ3v) is 2.56. The molecule has 1 aromatic rings. The lowest BCUT2D eigenvalue weighted by molar-refractivity contribution is -0.141. The third-order valence-electron chi connectivity index (χ3n) is 2.56. The zero-order valence-corrected chi connectivity index (χ0v) is 10.9. The van der Waals surface area contributed by atoms with Crippen LogP contribution in [0.25, 0.3) is 0 Å². The highest BCUT2D eigenvalue weighted by atomic mass is 19.4. The minimum absolute atomic E-state index is 0.137. The summed E-state index contributed by atoms with van der Waals surface area (Å²) in [5.74, 6) is 0.162. The molecule has 0 aliphatic heterocycles. The van der Waals surface area contributed by atoms with Crippen LogP contribution in [0.4, 0.5) is 13.2 Å². The van der Waals surface area contributed by atoms with Crippen molar-refractivity contribution in [2.24, 2.45) is 5.92 Å². The highest BCUT2D eigenvalue weighted by Gasteiger charge is 2.32. The van der Waals surface area contributed by atoms with Crippen LogP contribution in [0.3, 0.4) is 0 Å². The second kappa shape index (κ2) is 6.54. The summed E-state index contributed by atoms with van der Waals surface area (Å²) in [5.41, 5.74) is -0.860. The van der Waals surface area contributed by atoms with E-state index in [1.54, 1.807) is 0 Å². The predicted molar refractivity (Wildman–Crippen MR) is 65.6 cm³/mol. The number of nitrogens with zero attached hydrogens (tertiary/aromatic N) is 1. The van der Waals surface area contributed by atoms with Gasteiger partial charge in [-0.1, -0.05) is 13.8 Å². The van der Waals surface area contributed by atoms with E-state index in [-0.39, 0.29) is 5.56 Å². The van der Waals surface area contributed by atoms with E-state index in [0.29, 0.717) is 12.5 Å². The molecule has 0 saturated heterocycles. The van der Waals surface area contributed by atoms with Crippen LogP contribution in [-0.2, 0) is 6.18 Å². The van der Waals surface area contributed by atoms with Crippen LogP contribution in [0.2, 0.25) is 0 Å². The first kappa shape index (κ1) is 15.5. The van der Waals surface area contributed by atoms with Crippen molar-refractivity contribution < 1.29 is 18.0 Å². The molecule has 3 nitrogen and oxygen atoms in total. The van der Waals surface area contributed by atoms with Gasteiger partial charge in [0, 0.05) is 12.7 Å². The molecule has 0 aromatic carbocycles. The normalized spacial score (nSPS) is 11.7. The van der Waals surface area contributed by atoms with Gasteiger partial charge in [-0.3, -0.25) is 9.78 Å². The Kier molecular flexibility index (Phi) is 5.32. The summed E-state index contributed by atoms with van der Waals surface area (Å²) in [5, 5.41) is 2.65. The van der Waals surface area contributed by atoms with Crippen LogP contribution >= 0.6 is 0 Å². The molecule has 19 heavy (non-hydrogen) atoms. The van der Waals surface area contributed by atoms with Crippen LogP contribution in [0, 0.1) is 5.92 Å². The summed E-state index contributed by atoms with van der Waals surface area (Å²) >= 11 is 0. The molecule has 0 fully saturated rings. The van der Waals surface area contributed by atoms with E-state index in [9.17, 15) is 18.0 Å². The Morgan fingerprint density at radius 1 is 1.37 bits per heavy atom. The van der Waals surface area contributed by atoms with Gasteiger partial charge in [0.1, 0.15) is 5.69 Å². The maximum absolute atomic E-state index is 12.3. The molecule has 0 saturated carbocycles. The molecular formula is C13H17F3N2O. The van der Waals surface area contributed by atoms with Gasteiger partial charge in [0.2, 0.25) is 0 Å². The number of nitrogens with one attached hydrogen (secondary N) is 1. The highest BCUT2D eigenvalue weighted by Crippen LogP contribution is 2.27. The molecule has 0 bridgehead atoms. The molecule has 0 atom stereocenters. The Labute approximate surface area is 110 Å². The lowest BCUT2D eigenvalue weighted by atomic mass is 10.1. The molecular weight excluding hydrogens is 257 g/mol. The Morgan fingerprint density at radius 3 is 2.53 bits per heavy atom. The lowest BCUT2D eigenvalue weighted by Gasteiger charge is -2.08. The van der Waals surface area contributed by atoms with Crippen LogP contribution < -0.4 is 5.32 Å². The number of pyridine rings is 1. The quantitative estimate of drug-likeness (QED) is 0.837. The van der Waals surface area contributed by atoms with Gasteiger partial charge in [-0.05, 0) is 30.9 Å². The molecule has 1 aromatic heterocycles. The number of aromatic nitrogens is 1. The average Bonchev–Trinajstić information content (AvgIpc) is 2.33. The van der Waals surface area contributed by atoms with Crippen molar-refractivity contribution in [1.29, 1.82) is 0 Å². The molecule has 6 heteroatoms. The monoisotopic (exact) mass is 274 g/mol. The number of hydrogen-bond donors (Lipinski definition) is 1. The molecule has 0 unspecified atom stereocenters. The van der Waals surface area contributed by atoms with Gasteiger partial charge in [-0.2, -0.15) is 13.2 Å². The summed E-state index contributed by atoms with van der Waals surface area (Å²) in [6, 6.07) is 1.94. The van der Waals surface area contributed by atoms with E-state index in [4.69, 9.17) is 0 Å². The molecule has 0 aliphatic rings. The smallest absolute Gasteiger partial charge is 0.352 e. The topological polar surface area (TPSA) is 42.0 Å². The van der Waals surface area contributed by atoms with Crippen molar-refractivity contribution in [3.8, 4) is 0 Å². The van der Waals surface area contributed by atoms with E-state index in [1.807, 2.05) is 0 Å². The second-order valence-electron chi connectivity index (χ2n) is 4.72. The fourth-order valence-corrected chi connectivity index (χ4v) is 1.51. The largest absolute Gasteiger partial charge is 0.433 e. The zero-order chi connectivity index (χ0) is 14.5. The number of amides is 1. The summed E-state index contributed by atoms with van der Waals surface area (Å²) in [4.78, 5) is 14.9.